The van der Waals surface area contributed by atoms with E-state index in [4.69, 9.17) is 4.42 Å². The van der Waals surface area contributed by atoms with Gasteiger partial charge in [0.25, 0.3) is 0 Å². The molecule has 2 heteroatoms. The van der Waals surface area contributed by atoms with E-state index in [9.17, 15) is 0 Å². The zero-order valence-corrected chi connectivity index (χ0v) is 29.8. The summed E-state index contributed by atoms with van der Waals surface area (Å²) in [6.07, 6.45) is 15.9. The van der Waals surface area contributed by atoms with Crippen LogP contribution in [-0.2, 0) is 5.41 Å². The van der Waals surface area contributed by atoms with Crippen LogP contribution in [0.3, 0.4) is 0 Å². The van der Waals surface area contributed by atoms with Gasteiger partial charge in [-0.2, -0.15) is 0 Å². The molecule has 0 radical (unpaired) electrons. The molecular weight excluding hydrogens is 655 g/mol. The van der Waals surface area contributed by atoms with Gasteiger partial charge in [-0.1, -0.05) is 158 Å². The number of hydrogen-bond donors (Lipinski definition) is 0. The molecule has 8 aromatic rings. The Kier molecular flexibility index (Phi) is 7.00. The summed E-state index contributed by atoms with van der Waals surface area (Å²) in [6, 6.07) is 57.8. The van der Waals surface area contributed by atoms with Gasteiger partial charge < -0.3 is 9.32 Å². The molecule has 7 aromatic carbocycles. The number of hydrogen-bond acceptors (Lipinski definition) is 2. The van der Waals surface area contributed by atoms with Crippen molar-refractivity contribution >= 4 is 38.4 Å². The first-order valence-electron chi connectivity index (χ1n) is 19.0. The number of fused-ring (bicyclic) bond motifs is 8. The number of allylic oxidation sites excluding steroid dienone is 5. The molecule has 1 unspecified atom stereocenters. The molecule has 2 nitrogen and oxygen atoms in total. The van der Waals surface area contributed by atoms with E-state index in [1.807, 2.05) is 12.1 Å². The molecule has 3 aliphatic carbocycles. The van der Waals surface area contributed by atoms with Crippen LogP contribution in [0.2, 0.25) is 0 Å². The summed E-state index contributed by atoms with van der Waals surface area (Å²) in [5.74, 6) is 0. The Bertz CT molecular complexity index is 2840. The van der Waals surface area contributed by atoms with Crippen molar-refractivity contribution < 1.29 is 4.42 Å². The van der Waals surface area contributed by atoms with Gasteiger partial charge in [0.15, 0.2) is 0 Å². The van der Waals surface area contributed by atoms with Crippen molar-refractivity contribution in [3.63, 3.8) is 0 Å². The normalized spacial score (nSPS) is 16.8. The summed E-state index contributed by atoms with van der Waals surface area (Å²) in [5, 5.41) is 4.79. The molecule has 256 valence electrons. The molecule has 0 saturated heterocycles. The minimum atomic E-state index is -0.368. The Labute approximate surface area is 315 Å². The maximum atomic E-state index is 6.17. The first-order valence-corrected chi connectivity index (χ1v) is 19.0. The maximum Gasteiger partial charge on any atom is 0.136 e. The molecule has 0 fully saturated rings. The smallest absolute Gasteiger partial charge is 0.136 e. The summed E-state index contributed by atoms with van der Waals surface area (Å²) in [6.45, 7) is 0. The van der Waals surface area contributed by atoms with Crippen molar-refractivity contribution in [2.45, 2.75) is 24.3 Å². The third kappa shape index (κ3) is 4.60. The number of rotatable bonds is 6. The molecule has 54 heavy (non-hydrogen) atoms. The summed E-state index contributed by atoms with van der Waals surface area (Å²) in [7, 11) is 0. The van der Waals surface area contributed by atoms with Gasteiger partial charge in [-0.25, -0.2) is 0 Å². The van der Waals surface area contributed by atoms with Gasteiger partial charge in [0, 0.05) is 28.6 Å². The second kappa shape index (κ2) is 12.2. The zero-order chi connectivity index (χ0) is 35.6. The topological polar surface area (TPSA) is 16.4 Å². The van der Waals surface area contributed by atoms with Crippen molar-refractivity contribution in [1.29, 1.82) is 0 Å². The van der Waals surface area contributed by atoms with E-state index >= 15 is 0 Å². The third-order valence-corrected chi connectivity index (χ3v) is 11.9. The minimum Gasteiger partial charge on any atom is -0.456 e. The average molecular weight is 692 g/mol. The Morgan fingerprint density at radius 1 is 0.611 bits per heavy atom. The molecule has 3 aliphatic rings. The minimum absolute atomic E-state index is 0.193. The summed E-state index contributed by atoms with van der Waals surface area (Å²) >= 11 is 0. The number of nitrogens with zero attached hydrogens (tertiary/aromatic N) is 1. The molecule has 0 N–H and O–H groups in total. The van der Waals surface area contributed by atoms with Crippen LogP contribution in [0, 0.1) is 0 Å². The second-order valence-corrected chi connectivity index (χ2v) is 14.7. The molecule has 0 saturated carbocycles. The predicted molar refractivity (Wildman–Crippen MR) is 225 cm³/mol. The van der Waals surface area contributed by atoms with Gasteiger partial charge >= 0.3 is 0 Å². The maximum absolute atomic E-state index is 6.17. The number of anilines is 1. The number of furan rings is 1. The third-order valence-electron chi connectivity index (χ3n) is 11.9. The van der Waals surface area contributed by atoms with Gasteiger partial charge in [0.2, 0.25) is 0 Å². The lowest BCUT2D eigenvalue weighted by Crippen LogP contribution is -2.36. The van der Waals surface area contributed by atoms with Crippen molar-refractivity contribution in [3.8, 4) is 22.3 Å². The Balaban J connectivity index is 0.946. The van der Waals surface area contributed by atoms with Gasteiger partial charge in [-0.3, -0.25) is 0 Å². The first kappa shape index (κ1) is 30.9. The van der Waals surface area contributed by atoms with E-state index in [1.54, 1.807) is 0 Å². The summed E-state index contributed by atoms with van der Waals surface area (Å²) in [4.78, 5) is 2.54. The van der Waals surface area contributed by atoms with Crippen LogP contribution < -0.4 is 4.90 Å². The monoisotopic (exact) mass is 691 g/mol. The predicted octanol–water partition coefficient (Wildman–Crippen LogP) is 13.3. The van der Waals surface area contributed by atoms with Gasteiger partial charge in [-0.05, 0) is 98.1 Å². The highest BCUT2D eigenvalue weighted by molar-refractivity contribution is 6.19. The molecule has 0 aliphatic heterocycles. The van der Waals surface area contributed by atoms with Crippen LogP contribution >= 0.6 is 0 Å². The zero-order valence-electron chi connectivity index (χ0n) is 29.8. The van der Waals surface area contributed by atoms with E-state index in [0.29, 0.717) is 0 Å². The fraction of sp³-hybridized carbons (Fsp3) is 0.0769. The van der Waals surface area contributed by atoms with Crippen LogP contribution in [-0.4, -0.2) is 6.04 Å². The Morgan fingerprint density at radius 2 is 1.33 bits per heavy atom. The van der Waals surface area contributed by atoms with E-state index in [1.165, 1.54) is 72.1 Å². The van der Waals surface area contributed by atoms with Crippen molar-refractivity contribution in [3.05, 3.63) is 222 Å². The van der Waals surface area contributed by atoms with Crippen LogP contribution in [0.4, 0.5) is 5.69 Å². The lowest BCUT2D eigenvalue weighted by Gasteiger charge is -2.39. The van der Waals surface area contributed by atoms with Gasteiger partial charge in [0.05, 0.1) is 11.5 Å². The highest BCUT2D eigenvalue weighted by Crippen LogP contribution is 2.57. The largest absolute Gasteiger partial charge is 0.456 e. The number of para-hydroxylation sites is 1. The fourth-order valence-corrected chi connectivity index (χ4v) is 9.52. The highest BCUT2D eigenvalue weighted by atomic mass is 16.3. The Hall–Kier alpha value is -6.64. The lowest BCUT2D eigenvalue weighted by molar-refractivity contribution is 0.669. The molecule has 1 aromatic heterocycles. The molecule has 1 heterocycles. The molecule has 0 bridgehead atoms. The first-order chi connectivity index (χ1) is 26.8. The summed E-state index contributed by atoms with van der Waals surface area (Å²) < 4.78 is 6.17. The van der Waals surface area contributed by atoms with Crippen molar-refractivity contribution in [1.82, 2.24) is 0 Å². The van der Waals surface area contributed by atoms with E-state index in [-0.39, 0.29) is 11.5 Å². The quantitative estimate of drug-likeness (QED) is 0.173. The second-order valence-electron chi connectivity index (χ2n) is 14.7. The van der Waals surface area contributed by atoms with Crippen molar-refractivity contribution in [2.24, 2.45) is 0 Å². The standard InChI is InChI=1S/C52H37NO/c1-2-12-38(13-3-1)52(47-19-9-6-16-44(47)45-17-7-10-20-48(45)52)39-26-30-42(31-27-39)53(40-14-4-5-15-40)41-28-22-35(23-29-41)36-24-32-43-37(34-36)25-33-50-51(43)46-18-8-11-21-49(46)54-50/h1-14,16-30,32-34,42H,15,31H2. The summed E-state index contributed by atoms with van der Waals surface area (Å²) in [5.41, 5.74) is 14.5. The van der Waals surface area contributed by atoms with E-state index in [2.05, 4.69) is 187 Å². The molecule has 1 atom stereocenters. The van der Waals surface area contributed by atoms with Gasteiger partial charge in [-0.15, -0.1) is 0 Å². The molecule has 0 spiro atoms. The van der Waals surface area contributed by atoms with Crippen LogP contribution in [0.5, 0.6) is 0 Å². The molecular formula is C52H37NO. The molecule has 11 rings (SSSR count). The van der Waals surface area contributed by atoms with Gasteiger partial charge in [0.1, 0.15) is 11.2 Å². The van der Waals surface area contributed by atoms with Crippen LogP contribution in [0.1, 0.15) is 29.5 Å². The lowest BCUT2D eigenvalue weighted by atomic mass is 9.66. The van der Waals surface area contributed by atoms with E-state index < -0.39 is 0 Å². The van der Waals surface area contributed by atoms with Crippen molar-refractivity contribution in [2.75, 3.05) is 4.90 Å². The SMILES string of the molecule is C1=CCC(N(c2ccc(-c3ccc4c(ccc5oc6ccccc6c54)c3)cc2)C2C=CC(C3(c4ccccc4)c4ccccc4-c4ccccc43)=CC2)=C1. The van der Waals surface area contributed by atoms with Crippen LogP contribution in [0.15, 0.2) is 210 Å². The average Bonchev–Trinajstić information content (AvgIpc) is 3.98. The Morgan fingerprint density at radius 3 is 2.07 bits per heavy atom. The number of benzene rings is 7. The highest BCUT2D eigenvalue weighted by Gasteiger charge is 2.47. The fourth-order valence-electron chi connectivity index (χ4n) is 9.52. The van der Waals surface area contributed by atoms with E-state index in [0.717, 1.165) is 29.4 Å². The van der Waals surface area contributed by atoms with Crippen LogP contribution in [0.25, 0.3) is 55.0 Å². The molecule has 0 amide bonds.